The van der Waals surface area contributed by atoms with Gasteiger partial charge in [0.15, 0.2) is 0 Å². The van der Waals surface area contributed by atoms with Gasteiger partial charge in [-0.1, -0.05) is 54.6 Å². The van der Waals surface area contributed by atoms with Crippen molar-refractivity contribution in [3.8, 4) is 0 Å². The zero-order valence-corrected chi connectivity index (χ0v) is 19.3. The van der Waals surface area contributed by atoms with Gasteiger partial charge in [0, 0.05) is 23.7 Å². The van der Waals surface area contributed by atoms with E-state index >= 15 is 0 Å². The van der Waals surface area contributed by atoms with Crippen LogP contribution in [0.15, 0.2) is 85.1 Å². The summed E-state index contributed by atoms with van der Waals surface area (Å²) in [6, 6.07) is 25.2. The van der Waals surface area contributed by atoms with E-state index in [0.29, 0.717) is 30.5 Å². The standard InChI is InChI=1S/C28H32N4O2/c33-27(22-13-5-2-6-14-22)32-25(28(34)31-20-23-15-7-9-17-29-23)16-8-10-18-30-26-19-24(26)21-11-3-1-4-12-21/h1-7,9,11-15,17,24-26,30H,8,10,16,18-20H2,(H,31,34)(H,32,33)/t24-,25?,26+/m0/s1. The van der Waals surface area contributed by atoms with Crippen LogP contribution in [0, 0.1) is 0 Å². The summed E-state index contributed by atoms with van der Waals surface area (Å²) in [4.78, 5) is 29.8. The van der Waals surface area contributed by atoms with E-state index < -0.39 is 6.04 Å². The second-order valence-electron chi connectivity index (χ2n) is 8.74. The molecule has 6 nitrogen and oxygen atoms in total. The van der Waals surface area contributed by atoms with E-state index in [1.165, 1.54) is 12.0 Å². The monoisotopic (exact) mass is 456 g/mol. The van der Waals surface area contributed by atoms with Gasteiger partial charge < -0.3 is 16.0 Å². The van der Waals surface area contributed by atoms with E-state index in [9.17, 15) is 9.59 Å². The highest BCUT2D eigenvalue weighted by Gasteiger charge is 2.37. The Hall–Kier alpha value is -3.51. The zero-order valence-electron chi connectivity index (χ0n) is 19.3. The lowest BCUT2D eigenvalue weighted by Gasteiger charge is -2.19. The first kappa shape index (κ1) is 23.6. The molecule has 34 heavy (non-hydrogen) atoms. The van der Waals surface area contributed by atoms with Gasteiger partial charge in [0.25, 0.3) is 5.91 Å². The second kappa shape index (κ2) is 12.1. The molecule has 6 heteroatoms. The molecule has 1 aromatic heterocycles. The maximum absolute atomic E-state index is 12.9. The second-order valence-corrected chi connectivity index (χ2v) is 8.74. The summed E-state index contributed by atoms with van der Waals surface area (Å²) >= 11 is 0. The normalized spacial score (nSPS) is 17.5. The van der Waals surface area contributed by atoms with Crippen molar-refractivity contribution >= 4 is 11.8 Å². The van der Waals surface area contributed by atoms with Crippen molar-refractivity contribution in [3.05, 3.63) is 102 Å². The lowest BCUT2D eigenvalue weighted by Crippen LogP contribution is -2.46. The minimum absolute atomic E-state index is 0.186. The molecule has 1 saturated carbocycles. The Balaban J connectivity index is 1.24. The fourth-order valence-electron chi connectivity index (χ4n) is 4.15. The number of hydrogen-bond acceptors (Lipinski definition) is 4. The van der Waals surface area contributed by atoms with Gasteiger partial charge >= 0.3 is 0 Å². The maximum Gasteiger partial charge on any atom is 0.251 e. The number of nitrogens with zero attached hydrogens (tertiary/aromatic N) is 1. The molecule has 2 amide bonds. The van der Waals surface area contributed by atoms with Crippen LogP contribution in [-0.4, -0.2) is 35.4 Å². The maximum atomic E-state index is 12.9. The number of carbonyl (C=O) groups excluding carboxylic acids is 2. The average Bonchev–Trinajstić information content (AvgIpc) is 3.67. The lowest BCUT2D eigenvalue weighted by molar-refractivity contribution is -0.123. The molecular formula is C28H32N4O2. The number of hydrogen-bond donors (Lipinski definition) is 3. The molecule has 1 fully saturated rings. The molecule has 0 bridgehead atoms. The summed E-state index contributed by atoms with van der Waals surface area (Å²) in [6.07, 6.45) is 5.25. The summed E-state index contributed by atoms with van der Waals surface area (Å²) in [7, 11) is 0. The minimum Gasteiger partial charge on any atom is -0.349 e. The zero-order chi connectivity index (χ0) is 23.6. The summed E-state index contributed by atoms with van der Waals surface area (Å²) < 4.78 is 0. The largest absolute Gasteiger partial charge is 0.349 e. The van der Waals surface area contributed by atoms with Crippen LogP contribution in [0.4, 0.5) is 0 Å². The molecule has 176 valence electrons. The predicted molar refractivity (Wildman–Crippen MR) is 133 cm³/mol. The molecule has 3 atom stereocenters. The van der Waals surface area contributed by atoms with Gasteiger partial charge in [0.1, 0.15) is 6.04 Å². The van der Waals surface area contributed by atoms with E-state index in [4.69, 9.17) is 0 Å². The first-order chi connectivity index (χ1) is 16.7. The third kappa shape index (κ3) is 6.99. The number of nitrogens with one attached hydrogen (secondary N) is 3. The molecule has 3 N–H and O–H groups in total. The number of rotatable bonds is 12. The highest BCUT2D eigenvalue weighted by Crippen LogP contribution is 2.40. The topological polar surface area (TPSA) is 83.1 Å². The number of unbranched alkanes of at least 4 members (excludes halogenated alkanes) is 1. The molecular weight excluding hydrogens is 424 g/mol. The highest BCUT2D eigenvalue weighted by atomic mass is 16.2. The molecule has 2 aromatic carbocycles. The van der Waals surface area contributed by atoms with Crippen LogP contribution >= 0.6 is 0 Å². The van der Waals surface area contributed by atoms with Crippen LogP contribution in [0.1, 0.15) is 53.2 Å². The highest BCUT2D eigenvalue weighted by molar-refractivity contribution is 5.97. The van der Waals surface area contributed by atoms with E-state index in [-0.39, 0.29) is 11.8 Å². The lowest BCUT2D eigenvalue weighted by atomic mass is 10.1. The van der Waals surface area contributed by atoms with Crippen LogP contribution in [0.3, 0.4) is 0 Å². The Kier molecular flexibility index (Phi) is 8.41. The Morgan fingerprint density at radius 2 is 1.65 bits per heavy atom. The first-order valence-electron chi connectivity index (χ1n) is 12.0. The van der Waals surface area contributed by atoms with E-state index in [0.717, 1.165) is 25.1 Å². The van der Waals surface area contributed by atoms with Gasteiger partial charge in [-0.2, -0.15) is 0 Å². The van der Waals surface area contributed by atoms with Crippen molar-refractivity contribution in [2.75, 3.05) is 6.54 Å². The molecule has 3 aromatic rings. The van der Waals surface area contributed by atoms with Crippen LogP contribution in [-0.2, 0) is 11.3 Å². The van der Waals surface area contributed by atoms with Crippen molar-refractivity contribution in [1.82, 2.24) is 20.9 Å². The van der Waals surface area contributed by atoms with Crippen molar-refractivity contribution in [3.63, 3.8) is 0 Å². The van der Waals surface area contributed by atoms with Gasteiger partial charge in [-0.15, -0.1) is 0 Å². The Morgan fingerprint density at radius 1 is 0.912 bits per heavy atom. The third-order valence-corrected chi connectivity index (χ3v) is 6.17. The fraction of sp³-hybridized carbons (Fsp3) is 0.321. The molecule has 0 spiro atoms. The van der Waals surface area contributed by atoms with Crippen LogP contribution in [0.2, 0.25) is 0 Å². The van der Waals surface area contributed by atoms with E-state index in [1.54, 1.807) is 18.3 Å². The van der Waals surface area contributed by atoms with Crippen LogP contribution in [0.5, 0.6) is 0 Å². The molecule has 0 saturated heterocycles. The number of benzene rings is 2. The quantitative estimate of drug-likeness (QED) is 0.362. The Bertz CT molecular complexity index is 1040. The van der Waals surface area contributed by atoms with E-state index in [2.05, 4.69) is 45.2 Å². The van der Waals surface area contributed by atoms with Crippen molar-refractivity contribution in [2.24, 2.45) is 0 Å². The van der Waals surface area contributed by atoms with Crippen molar-refractivity contribution in [1.29, 1.82) is 0 Å². The summed E-state index contributed by atoms with van der Waals surface area (Å²) in [5.41, 5.74) is 2.73. The van der Waals surface area contributed by atoms with Crippen molar-refractivity contribution in [2.45, 2.75) is 50.2 Å². The number of pyridine rings is 1. The van der Waals surface area contributed by atoms with Gasteiger partial charge in [-0.3, -0.25) is 14.6 Å². The molecule has 1 aliphatic rings. The Labute approximate surface area is 201 Å². The SMILES string of the molecule is O=C(NC(CCCCN[C@@H]1C[C@H]1c1ccccc1)C(=O)NCc1ccccn1)c1ccccc1. The summed E-state index contributed by atoms with van der Waals surface area (Å²) in [6.45, 7) is 1.24. The molecule has 1 heterocycles. The van der Waals surface area contributed by atoms with Gasteiger partial charge in [0.05, 0.1) is 12.2 Å². The third-order valence-electron chi connectivity index (χ3n) is 6.17. The first-order valence-corrected chi connectivity index (χ1v) is 12.0. The fourth-order valence-corrected chi connectivity index (χ4v) is 4.15. The van der Waals surface area contributed by atoms with Gasteiger partial charge in [-0.25, -0.2) is 0 Å². The Morgan fingerprint density at radius 3 is 2.38 bits per heavy atom. The molecule has 0 aliphatic heterocycles. The van der Waals surface area contributed by atoms with Gasteiger partial charge in [-0.05, 0) is 62.1 Å². The average molecular weight is 457 g/mol. The predicted octanol–water partition coefficient (Wildman–Crippen LogP) is 3.81. The molecule has 1 aliphatic carbocycles. The van der Waals surface area contributed by atoms with Crippen molar-refractivity contribution < 1.29 is 9.59 Å². The number of aromatic nitrogens is 1. The van der Waals surface area contributed by atoms with Crippen LogP contribution in [0.25, 0.3) is 0 Å². The van der Waals surface area contributed by atoms with E-state index in [1.807, 2.05) is 42.5 Å². The molecule has 0 radical (unpaired) electrons. The summed E-state index contributed by atoms with van der Waals surface area (Å²) in [5, 5.41) is 9.46. The molecule has 4 rings (SSSR count). The minimum atomic E-state index is -0.589. The summed E-state index contributed by atoms with van der Waals surface area (Å²) in [5.74, 6) is 0.186. The van der Waals surface area contributed by atoms with Crippen LogP contribution < -0.4 is 16.0 Å². The smallest absolute Gasteiger partial charge is 0.251 e. The van der Waals surface area contributed by atoms with Gasteiger partial charge in [0.2, 0.25) is 5.91 Å². The molecule has 1 unspecified atom stereocenters. The number of carbonyl (C=O) groups is 2. The number of amides is 2.